The second kappa shape index (κ2) is 11.9. The van der Waals surface area contributed by atoms with Gasteiger partial charge in [-0.1, -0.05) is 140 Å². The molecule has 0 N–H and O–H groups in total. The van der Waals surface area contributed by atoms with Gasteiger partial charge in [-0.25, -0.2) is 15.0 Å². The Balaban J connectivity index is 1.27. The van der Waals surface area contributed by atoms with Crippen LogP contribution in [0.25, 0.3) is 89.0 Å². The topological polar surface area (TPSA) is 56.7 Å². The number of nitrogens with zero attached hydrogens (tertiary/aromatic N) is 4. The van der Waals surface area contributed by atoms with Crippen molar-refractivity contribution in [3.05, 3.63) is 175 Å². The van der Waals surface area contributed by atoms with Crippen LogP contribution in [0.3, 0.4) is 0 Å². The molecule has 0 aliphatic heterocycles. The summed E-state index contributed by atoms with van der Waals surface area (Å²) in [5.41, 5.74) is 10.1. The zero-order valence-corrected chi connectivity index (χ0v) is 27.6. The quantitative estimate of drug-likeness (QED) is 0.179. The smallest absolute Gasteiger partial charge is 0.164 e. The first-order valence-electron chi connectivity index (χ1n) is 17.2. The second-order valence-corrected chi connectivity index (χ2v) is 12.8. The van der Waals surface area contributed by atoms with Crippen LogP contribution in [-0.2, 0) is 6.54 Å². The number of aromatic nitrogens is 4. The summed E-state index contributed by atoms with van der Waals surface area (Å²) in [5.74, 6) is 1.84. The van der Waals surface area contributed by atoms with Gasteiger partial charge in [0.05, 0.1) is 0 Å². The monoisotopic (exact) mass is 654 g/mol. The molecule has 7 aromatic carbocycles. The maximum absolute atomic E-state index is 6.76. The van der Waals surface area contributed by atoms with Gasteiger partial charge in [0.2, 0.25) is 0 Å². The maximum Gasteiger partial charge on any atom is 0.164 e. The molecule has 10 rings (SSSR count). The van der Waals surface area contributed by atoms with E-state index >= 15 is 0 Å². The Morgan fingerprint density at radius 1 is 0.412 bits per heavy atom. The summed E-state index contributed by atoms with van der Waals surface area (Å²) in [6, 6.07) is 58.7. The Labute approximate surface area is 294 Å². The first-order chi connectivity index (χ1) is 25.3. The van der Waals surface area contributed by atoms with Crippen molar-refractivity contribution in [3.63, 3.8) is 0 Å². The van der Waals surface area contributed by atoms with E-state index in [0.717, 1.165) is 55.3 Å². The van der Waals surface area contributed by atoms with Crippen LogP contribution in [0.2, 0.25) is 0 Å². The molecule has 0 saturated carbocycles. The lowest BCUT2D eigenvalue weighted by molar-refractivity contribution is 0.668. The van der Waals surface area contributed by atoms with Gasteiger partial charge in [0.1, 0.15) is 11.2 Å². The number of furan rings is 1. The minimum absolute atomic E-state index is 0.597. The van der Waals surface area contributed by atoms with Crippen LogP contribution < -0.4 is 0 Å². The van der Waals surface area contributed by atoms with E-state index in [1.165, 1.54) is 21.8 Å². The van der Waals surface area contributed by atoms with Crippen molar-refractivity contribution in [3.8, 4) is 45.3 Å². The average molecular weight is 655 g/mol. The van der Waals surface area contributed by atoms with Crippen molar-refractivity contribution < 1.29 is 4.42 Å². The fourth-order valence-electron chi connectivity index (χ4n) is 7.40. The van der Waals surface area contributed by atoms with Crippen LogP contribution in [0.1, 0.15) is 5.56 Å². The fraction of sp³-hybridized carbons (Fsp3) is 0.0217. The molecule has 0 spiro atoms. The lowest BCUT2D eigenvalue weighted by Gasteiger charge is -2.12. The first-order valence-corrected chi connectivity index (χ1v) is 17.2. The van der Waals surface area contributed by atoms with Gasteiger partial charge >= 0.3 is 0 Å². The van der Waals surface area contributed by atoms with Gasteiger partial charge in [0.15, 0.2) is 17.5 Å². The highest BCUT2D eigenvalue weighted by atomic mass is 16.3. The minimum Gasteiger partial charge on any atom is -0.456 e. The Hall–Kier alpha value is -6.85. The fourth-order valence-corrected chi connectivity index (χ4v) is 7.40. The molecule has 0 aliphatic rings. The molecule has 5 nitrogen and oxygen atoms in total. The molecule has 0 atom stereocenters. The van der Waals surface area contributed by atoms with Gasteiger partial charge in [-0.2, -0.15) is 0 Å². The highest BCUT2D eigenvalue weighted by Crippen LogP contribution is 2.42. The Kier molecular flexibility index (Phi) is 6.81. The summed E-state index contributed by atoms with van der Waals surface area (Å²) in [4.78, 5) is 15.4. The van der Waals surface area contributed by atoms with Crippen LogP contribution in [0.5, 0.6) is 0 Å². The molecule has 0 radical (unpaired) electrons. The zero-order chi connectivity index (χ0) is 33.7. The molecule has 3 aromatic heterocycles. The number of benzene rings is 7. The van der Waals surface area contributed by atoms with Crippen molar-refractivity contribution >= 4 is 43.7 Å². The third-order valence-electron chi connectivity index (χ3n) is 9.74. The van der Waals surface area contributed by atoms with Crippen molar-refractivity contribution in [2.24, 2.45) is 0 Å². The number of para-hydroxylation sites is 2. The summed E-state index contributed by atoms with van der Waals surface area (Å²) in [6.07, 6.45) is 0. The Bertz CT molecular complexity index is 2760. The predicted molar refractivity (Wildman–Crippen MR) is 207 cm³/mol. The average Bonchev–Trinajstić information content (AvgIpc) is 3.74. The Morgan fingerprint density at radius 3 is 1.55 bits per heavy atom. The van der Waals surface area contributed by atoms with E-state index in [2.05, 4.69) is 108 Å². The minimum atomic E-state index is 0.597. The van der Waals surface area contributed by atoms with Gasteiger partial charge < -0.3 is 8.98 Å². The number of fused-ring (bicyclic) bond motifs is 6. The summed E-state index contributed by atoms with van der Waals surface area (Å²) >= 11 is 0. The molecule has 0 aliphatic carbocycles. The van der Waals surface area contributed by atoms with E-state index in [-0.39, 0.29) is 0 Å². The molecule has 0 saturated heterocycles. The van der Waals surface area contributed by atoms with Crippen molar-refractivity contribution in [1.29, 1.82) is 0 Å². The van der Waals surface area contributed by atoms with E-state index in [1.54, 1.807) is 0 Å². The lowest BCUT2D eigenvalue weighted by Crippen LogP contribution is -2.01. The molecule has 0 bridgehead atoms. The van der Waals surface area contributed by atoms with Gasteiger partial charge in [-0.05, 0) is 47.0 Å². The number of hydrogen-bond acceptors (Lipinski definition) is 4. The van der Waals surface area contributed by atoms with Crippen molar-refractivity contribution in [2.45, 2.75) is 6.54 Å². The van der Waals surface area contributed by atoms with E-state index in [4.69, 9.17) is 19.4 Å². The van der Waals surface area contributed by atoms with Gasteiger partial charge in [0.25, 0.3) is 0 Å². The van der Waals surface area contributed by atoms with Crippen LogP contribution in [0.4, 0.5) is 0 Å². The normalized spacial score (nSPS) is 11.6. The molecule has 3 heterocycles. The predicted octanol–water partition coefficient (Wildman–Crippen LogP) is 11.6. The SMILES string of the molecule is c1ccc(-c2cc(-c3nc(-c4ccccc4)nc(-c4ccccc4)n3)c3c(c2)oc2cccc(Cn4c5ccccc5c5ccccc54)c23)cc1. The summed E-state index contributed by atoms with van der Waals surface area (Å²) < 4.78 is 9.18. The molecule has 51 heavy (non-hydrogen) atoms. The van der Waals surface area contributed by atoms with E-state index in [0.29, 0.717) is 24.0 Å². The second-order valence-electron chi connectivity index (χ2n) is 12.8. The molecule has 240 valence electrons. The molecular weight excluding hydrogens is 625 g/mol. The van der Waals surface area contributed by atoms with E-state index < -0.39 is 0 Å². The van der Waals surface area contributed by atoms with Gasteiger partial charge in [0, 0.05) is 55.8 Å². The Morgan fingerprint density at radius 2 is 0.941 bits per heavy atom. The van der Waals surface area contributed by atoms with Crippen LogP contribution in [0, 0.1) is 0 Å². The van der Waals surface area contributed by atoms with E-state index in [9.17, 15) is 0 Å². The largest absolute Gasteiger partial charge is 0.456 e. The molecule has 0 amide bonds. The van der Waals surface area contributed by atoms with Crippen LogP contribution >= 0.6 is 0 Å². The molecule has 10 aromatic rings. The maximum atomic E-state index is 6.76. The van der Waals surface area contributed by atoms with E-state index in [1.807, 2.05) is 66.7 Å². The third-order valence-corrected chi connectivity index (χ3v) is 9.74. The number of rotatable bonds is 6. The standard InChI is InChI=1S/C46H30N4O/c1-4-15-30(16-5-1)34-27-37(46-48-44(31-17-6-2-7-18-31)47-45(49-46)32-19-8-3-9-20-32)43-41(28-34)51-40-26-14-21-33(42(40)43)29-50-38-24-12-10-22-35(38)36-23-11-13-25-39(36)50/h1-28H,29H2. The summed E-state index contributed by atoms with van der Waals surface area (Å²) in [7, 11) is 0. The van der Waals surface area contributed by atoms with Crippen molar-refractivity contribution in [1.82, 2.24) is 19.5 Å². The highest BCUT2D eigenvalue weighted by molar-refractivity contribution is 6.15. The summed E-state index contributed by atoms with van der Waals surface area (Å²) in [5, 5.41) is 4.55. The molecular formula is C46H30N4O. The summed E-state index contributed by atoms with van der Waals surface area (Å²) in [6.45, 7) is 0.668. The lowest BCUT2D eigenvalue weighted by atomic mass is 9.96. The van der Waals surface area contributed by atoms with Gasteiger partial charge in [-0.3, -0.25) is 0 Å². The number of hydrogen-bond donors (Lipinski definition) is 0. The molecule has 0 unspecified atom stereocenters. The first kappa shape index (κ1) is 29.1. The van der Waals surface area contributed by atoms with Gasteiger partial charge in [-0.15, -0.1) is 0 Å². The molecule has 0 fully saturated rings. The third kappa shape index (κ3) is 4.98. The highest BCUT2D eigenvalue weighted by Gasteiger charge is 2.22. The zero-order valence-electron chi connectivity index (χ0n) is 27.6. The van der Waals surface area contributed by atoms with Crippen LogP contribution in [-0.4, -0.2) is 19.5 Å². The molecule has 5 heteroatoms. The van der Waals surface area contributed by atoms with Crippen LogP contribution in [0.15, 0.2) is 174 Å². The van der Waals surface area contributed by atoms with Crippen molar-refractivity contribution in [2.75, 3.05) is 0 Å².